The van der Waals surface area contributed by atoms with E-state index in [-0.39, 0.29) is 18.0 Å². The summed E-state index contributed by atoms with van der Waals surface area (Å²) in [7, 11) is 1.60. The molecular formula is C23H24N4O2S2. The van der Waals surface area contributed by atoms with Crippen molar-refractivity contribution in [3.05, 3.63) is 70.2 Å². The highest BCUT2D eigenvalue weighted by Crippen LogP contribution is 2.45. The summed E-state index contributed by atoms with van der Waals surface area (Å²) >= 11 is 7.49. The smallest absolute Gasteiger partial charge is 0.224 e. The molecule has 2 atom stereocenters. The molecule has 8 heteroatoms. The molecule has 0 radical (unpaired) electrons. The van der Waals surface area contributed by atoms with Gasteiger partial charge < -0.3 is 20.3 Å². The summed E-state index contributed by atoms with van der Waals surface area (Å²) < 4.78 is 5.57. The summed E-state index contributed by atoms with van der Waals surface area (Å²) in [5.74, 6) is 0.525. The van der Waals surface area contributed by atoms with Crippen molar-refractivity contribution >= 4 is 45.9 Å². The van der Waals surface area contributed by atoms with Crippen LogP contribution in [0.4, 0.5) is 11.4 Å². The fourth-order valence-corrected chi connectivity index (χ4v) is 5.16. The van der Waals surface area contributed by atoms with Crippen molar-refractivity contribution in [3.8, 4) is 5.75 Å². The number of amides is 1. The molecule has 0 aliphatic carbocycles. The maximum Gasteiger partial charge on any atom is 0.224 e. The zero-order valence-corrected chi connectivity index (χ0v) is 19.2. The van der Waals surface area contributed by atoms with Gasteiger partial charge in [-0.3, -0.25) is 9.78 Å². The van der Waals surface area contributed by atoms with Gasteiger partial charge in [-0.15, -0.1) is 11.3 Å². The number of carbonyl (C=O) groups is 1. The van der Waals surface area contributed by atoms with E-state index in [2.05, 4.69) is 38.9 Å². The van der Waals surface area contributed by atoms with Gasteiger partial charge in [-0.05, 0) is 60.4 Å². The normalized spacial score (nSPS) is 18.0. The van der Waals surface area contributed by atoms with E-state index < -0.39 is 0 Å². The third-order valence-electron chi connectivity index (χ3n) is 5.33. The molecule has 1 amide bonds. The van der Waals surface area contributed by atoms with Crippen LogP contribution in [-0.2, 0) is 4.79 Å². The number of thiocarbonyl (C=S) groups is 1. The molecule has 1 aliphatic rings. The number of rotatable bonds is 6. The summed E-state index contributed by atoms with van der Waals surface area (Å²) in [4.78, 5) is 19.8. The summed E-state index contributed by atoms with van der Waals surface area (Å²) in [5, 5.41) is 9.08. The lowest BCUT2D eigenvalue weighted by atomic mass is 10.0. The Morgan fingerprint density at radius 3 is 2.81 bits per heavy atom. The van der Waals surface area contributed by atoms with Gasteiger partial charge in [0.2, 0.25) is 5.91 Å². The largest absolute Gasteiger partial charge is 0.494 e. The van der Waals surface area contributed by atoms with Crippen LogP contribution < -0.4 is 20.3 Å². The van der Waals surface area contributed by atoms with Crippen molar-refractivity contribution in [2.24, 2.45) is 0 Å². The topological polar surface area (TPSA) is 66.5 Å². The number of pyridine rings is 1. The second kappa shape index (κ2) is 9.03. The molecule has 3 heterocycles. The van der Waals surface area contributed by atoms with Crippen LogP contribution in [0.25, 0.3) is 0 Å². The van der Waals surface area contributed by atoms with E-state index in [1.54, 1.807) is 24.6 Å². The SMILES string of the molecule is CCC(=O)Nc1ccc(N2C(=S)NC(c3ccccn3)C2c2sccc2C)cc1OC. The van der Waals surface area contributed by atoms with Gasteiger partial charge in [-0.25, -0.2) is 0 Å². The highest BCUT2D eigenvalue weighted by Gasteiger charge is 2.42. The second-order valence-corrected chi connectivity index (χ2v) is 8.59. The van der Waals surface area contributed by atoms with Crippen molar-refractivity contribution in [2.75, 3.05) is 17.3 Å². The number of hydrogen-bond acceptors (Lipinski definition) is 5. The minimum Gasteiger partial charge on any atom is -0.494 e. The molecule has 2 N–H and O–H groups in total. The molecule has 2 aromatic heterocycles. The lowest BCUT2D eigenvalue weighted by molar-refractivity contribution is -0.115. The third-order valence-corrected chi connectivity index (χ3v) is 6.73. The molecule has 0 bridgehead atoms. The van der Waals surface area contributed by atoms with Crippen LogP contribution in [0.2, 0.25) is 0 Å². The Bertz CT molecular complexity index is 1100. The van der Waals surface area contributed by atoms with Gasteiger partial charge in [0, 0.05) is 29.2 Å². The zero-order chi connectivity index (χ0) is 22.0. The highest BCUT2D eigenvalue weighted by molar-refractivity contribution is 7.80. The number of carbonyl (C=O) groups excluding carboxylic acids is 1. The minimum atomic E-state index is -0.0866. The molecule has 1 fully saturated rings. The van der Waals surface area contributed by atoms with E-state index in [9.17, 15) is 4.79 Å². The monoisotopic (exact) mass is 452 g/mol. The average Bonchev–Trinajstić information content (AvgIpc) is 3.36. The number of aromatic nitrogens is 1. The van der Waals surface area contributed by atoms with Crippen LogP contribution in [0.15, 0.2) is 54.0 Å². The fourth-order valence-electron chi connectivity index (χ4n) is 3.76. The Kier molecular flexibility index (Phi) is 6.20. The van der Waals surface area contributed by atoms with Crippen LogP contribution in [0.1, 0.15) is 41.6 Å². The molecule has 160 valence electrons. The molecule has 31 heavy (non-hydrogen) atoms. The summed E-state index contributed by atoms with van der Waals surface area (Å²) in [6.45, 7) is 3.93. The number of hydrogen-bond donors (Lipinski definition) is 2. The maximum absolute atomic E-state index is 11.9. The van der Waals surface area contributed by atoms with Crippen molar-refractivity contribution in [3.63, 3.8) is 0 Å². The Labute approximate surface area is 191 Å². The van der Waals surface area contributed by atoms with Crippen LogP contribution in [-0.4, -0.2) is 23.1 Å². The molecular weight excluding hydrogens is 428 g/mol. The molecule has 1 aliphatic heterocycles. The first-order chi connectivity index (χ1) is 15.0. The molecule has 3 aromatic rings. The Balaban J connectivity index is 1.78. The van der Waals surface area contributed by atoms with E-state index in [0.717, 1.165) is 11.4 Å². The Morgan fingerprint density at radius 1 is 1.32 bits per heavy atom. The molecule has 0 saturated carbocycles. The first kappa shape index (κ1) is 21.3. The van der Waals surface area contributed by atoms with Crippen LogP contribution in [0.3, 0.4) is 0 Å². The van der Waals surface area contributed by atoms with Crippen LogP contribution >= 0.6 is 23.6 Å². The number of aryl methyl sites for hydroxylation is 1. The van der Waals surface area contributed by atoms with Gasteiger partial charge in [0.1, 0.15) is 5.75 Å². The van der Waals surface area contributed by atoms with Gasteiger partial charge >= 0.3 is 0 Å². The maximum atomic E-state index is 11.9. The summed E-state index contributed by atoms with van der Waals surface area (Å²) in [6.07, 6.45) is 2.20. The van der Waals surface area contributed by atoms with E-state index in [4.69, 9.17) is 17.0 Å². The van der Waals surface area contributed by atoms with Gasteiger partial charge in [0.25, 0.3) is 0 Å². The van der Waals surface area contributed by atoms with Gasteiger partial charge in [0.05, 0.1) is 30.6 Å². The third kappa shape index (κ3) is 4.13. The number of methoxy groups -OCH3 is 1. The van der Waals surface area contributed by atoms with Gasteiger partial charge in [-0.1, -0.05) is 13.0 Å². The predicted molar refractivity (Wildman–Crippen MR) is 129 cm³/mol. The number of anilines is 2. The number of nitrogens with one attached hydrogen (secondary N) is 2. The first-order valence-corrected chi connectivity index (χ1v) is 11.3. The van der Waals surface area contributed by atoms with Crippen molar-refractivity contribution in [1.82, 2.24) is 10.3 Å². The second-order valence-electron chi connectivity index (χ2n) is 7.25. The molecule has 0 spiro atoms. The first-order valence-electron chi connectivity index (χ1n) is 10.1. The lowest BCUT2D eigenvalue weighted by Gasteiger charge is -2.28. The molecule has 1 saturated heterocycles. The molecule has 6 nitrogen and oxygen atoms in total. The van der Waals surface area contributed by atoms with E-state index in [1.807, 2.05) is 43.3 Å². The Morgan fingerprint density at radius 2 is 2.16 bits per heavy atom. The van der Waals surface area contributed by atoms with Crippen LogP contribution in [0.5, 0.6) is 5.75 Å². The van der Waals surface area contributed by atoms with E-state index in [0.29, 0.717) is 23.0 Å². The highest BCUT2D eigenvalue weighted by atomic mass is 32.1. The van der Waals surface area contributed by atoms with Crippen molar-refractivity contribution in [1.29, 1.82) is 0 Å². The zero-order valence-electron chi connectivity index (χ0n) is 17.6. The fraction of sp³-hybridized carbons (Fsp3) is 0.261. The number of thiophene rings is 1. The number of ether oxygens (including phenoxy) is 1. The summed E-state index contributed by atoms with van der Waals surface area (Å²) in [5.41, 5.74) is 3.68. The van der Waals surface area contributed by atoms with E-state index >= 15 is 0 Å². The number of nitrogens with zero attached hydrogens (tertiary/aromatic N) is 2. The van der Waals surface area contributed by atoms with Crippen molar-refractivity contribution in [2.45, 2.75) is 32.4 Å². The molecule has 1 aromatic carbocycles. The molecule has 4 rings (SSSR count). The van der Waals surface area contributed by atoms with Crippen LogP contribution in [0, 0.1) is 6.92 Å². The summed E-state index contributed by atoms with van der Waals surface area (Å²) in [6, 6.07) is 13.6. The van der Waals surface area contributed by atoms with Gasteiger partial charge in [-0.2, -0.15) is 0 Å². The van der Waals surface area contributed by atoms with Crippen molar-refractivity contribution < 1.29 is 9.53 Å². The average molecular weight is 453 g/mol. The van der Waals surface area contributed by atoms with Gasteiger partial charge in [0.15, 0.2) is 5.11 Å². The minimum absolute atomic E-state index is 0.0526. The quantitative estimate of drug-likeness (QED) is 0.514. The lowest BCUT2D eigenvalue weighted by Crippen LogP contribution is -2.29. The molecule has 2 unspecified atom stereocenters. The predicted octanol–water partition coefficient (Wildman–Crippen LogP) is 4.99. The van der Waals surface area contributed by atoms with E-state index in [1.165, 1.54) is 10.4 Å². The Hall–Kier alpha value is -2.97. The number of benzene rings is 1. The standard InChI is InChI=1S/C23H24N4O2S2/c1-4-19(28)25-16-9-8-15(13-18(16)29-3)27-21(22-14(2)10-12-31-22)20(26-23(27)30)17-7-5-6-11-24-17/h5-13,20-21H,4H2,1-3H3,(H,25,28)(H,26,30).